The van der Waals surface area contributed by atoms with Gasteiger partial charge in [0.25, 0.3) is 11.1 Å². The van der Waals surface area contributed by atoms with Crippen molar-refractivity contribution in [1.82, 2.24) is 23.2 Å². The Kier molecular flexibility index (Phi) is 5.47. The molecule has 5 rings (SSSR count). The van der Waals surface area contributed by atoms with Gasteiger partial charge in [-0.25, -0.2) is 9.59 Å². The van der Waals surface area contributed by atoms with Crippen molar-refractivity contribution in [1.29, 1.82) is 0 Å². The lowest BCUT2D eigenvalue weighted by atomic mass is 10.2. The molecule has 0 spiro atoms. The van der Waals surface area contributed by atoms with Crippen molar-refractivity contribution in [2.45, 2.75) is 0 Å². The standard InChI is InChI=1S/C24H22N6O5S/c1-26-15-7-5-13(9-17(15)28(3)22(26)33)10-19-21(32)30(24(35)36-19)12-20(31)25-14-6-8-16-18(11-14)29(4)23(34)27(16)2/h5-11H,12H2,1-4H3,(H,25,31). The summed E-state index contributed by atoms with van der Waals surface area (Å²) < 4.78 is 6.01. The maximum atomic E-state index is 12.9. The zero-order valence-corrected chi connectivity index (χ0v) is 20.8. The van der Waals surface area contributed by atoms with Crippen molar-refractivity contribution >= 4 is 62.6 Å². The van der Waals surface area contributed by atoms with E-state index in [9.17, 15) is 24.0 Å². The van der Waals surface area contributed by atoms with E-state index in [1.54, 1.807) is 70.7 Å². The Morgan fingerprint density at radius 2 is 1.36 bits per heavy atom. The number of imide groups is 1. The van der Waals surface area contributed by atoms with Crippen LogP contribution in [0.25, 0.3) is 28.1 Å². The Balaban J connectivity index is 1.34. The Labute approximate surface area is 208 Å². The van der Waals surface area contributed by atoms with Crippen LogP contribution in [0.3, 0.4) is 0 Å². The van der Waals surface area contributed by atoms with Crippen LogP contribution in [0, 0.1) is 0 Å². The van der Waals surface area contributed by atoms with E-state index in [1.807, 2.05) is 0 Å². The van der Waals surface area contributed by atoms with Gasteiger partial charge in [0.2, 0.25) is 5.91 Å². The first-order valence-electron chi connectivity index (χ1n) is 10.9. The lowest BCUT2D eigenvalue weighted by molar-refractivity contribution is -0.127. The molecule has 2 aromatic heterocycles. The SMILES string of the molecule is Cn1c(=O)n(C)c2cc(C=C3SC(=O)N(CC(=O)Nc4ccc5c(c4)n(C)c(=O)n5C)C3=O)ccc21. The van der Waals surface area contributed by atoms with Crippen LogP contribution < -0.4 is 16.7 Å². The number of fused-ring (bicyclic) bond motifs is 2. The smallest absolute Gasteiger partial charge is 0.324 e. The molecular weight excluding hydrogens is 484 g/mol. The molecule has 0 radical (unpaired) electrons. The second kappa shape index (κ2) is 8.41. The maximum Gasteiger partial charge on any atom is 0.328 e. The average Bonchev–Trinajstić information content (AvgIpc) is 3.33. The summed E-state index contributed by atoms with van der Waals surface area (Å²) in [4.78, 5) is 63.4. The first-order valence-corrected chi connectivity index (χ1v) is 11.7. The molecule has 2 aromatic carbocycles. The fourth-order valence-corrected chi connectivity index (χ4v) is 5.17. The van der Waals surface area contributed by atoms with Crippen LogP contribution in [-0.4, -0.2) is 46.8 Å². The lowest BCUT2D eigenvalue weighted by Gasteiger charge is -2.12. The van der Waals surface area contributed by atoms with Gasteiger partial charge in [0.05, 0.1) is 27.0 Å². The Bertz CT molecular complexity index is 1770. The minimum absolute atomic E-state index is 0.165. The Morgan fingerprint density at radius 1 is 0.806 bits per heavy atom. The number of nitrogens with zero attached hydrogens (tertiary/aromatic N) is 5. The van der Waals surface area contributed by atoms with E-state index in [4.69, 9.17) is 0 Å². The van der Waals surface area contributed by atoms with Gasteiger partial charge in [-0.05, 0) is 53.7 Å². The predicted octanol–water partition coefficient (Wildman–Crippen LogP) is 1.74. The topological polar surface area (TPSA) is 120 Å². The molecule has 4 aromatic rings. The average molecular weight is 507 g/mol. The van der Waals surface area contributed by atoms with Crippen LogP contribution in [0.2, 0.25) is 0 Å². The molecule has 1 N–H and O–H groups in total. The number of aromatic nitrogens is 4. The quantitative estimate of drug-likeness (QED) is 0.421. The van der Waals surface area contributed by atoms with Crippen LogP contribution in [-0.2, 0) is 37.8 Å². The van der Waals surface area contributed by atoms with E-state index in [-0.39, 0.29) is 16.3 Å². The molecule has 3 heterocycles. The molecule has 36 heavy (non-hydrogen) atoms. The van der Waals surface area contributed by atoms with E-state index >= 15 is 0 Å². The van der Waals surface area contributed by atoms with Gasteiger partial charge >= 0.3 is 11.4 Å². The Hall–Kier alpha value is -4.32. The van der Waals surface area contributed by atoms with Gasteiger partial charge < -0.3 is 5.32 Å². The number of hydrogen-bond acceptors (Lipinski definition) is 6. The molecule has 1 fully saturated rings. The fourth-order valence-electron chi connectivity index (χ4n) is 4.33. The molecule has 11 nitrogen and oxygen atoms in total. The monoisotopic (exact) mass is 506 g/mol. The van der Waals surface area contributed by atoms with Crippen molar-refractivity contribution in [3.63, 3.8) is 0 Å². The van der Waals surface area contributed by atoms with E-state index in [0.29, 0.717) is 27.8 Å². The summed E-state index contributed by atoms with van der Waals surface area (Å²) in [6.07, 6.45) is 1.57. The lowest BCUT2D eigenvalue weighted by Crippen LogP contribution is -2.36. The number of amides is 3. The van der Waals surface area contributed by atoms with Crippen LogP contribution in [0.1, 0.15) is 5.56 Å². The minimum Gasteiger partial charge on any atom is -0.324 e. The summed E-state index contributed by atoms with van der Waals surface area (Å²) in [5.74, 6) is -1.11. The number of carbonyl (C=O) groups excluding carboxylic acids is 3. The number of imidazole rings is 2. The number of rotatable bonds is 4. The van der Waals surface area contributed by atoms with Gasteiger partial charge in [-0.15, -0.1) is 0 Å². The van der Waals surface area contributed by atoms with Gasteiger partial charge in [-0.3, -0.25) is 37.6 Å². The summed E-state index contributed by atoms with van der Waals surface area (Å²) in [6.45, 7) is -0.444. The van der Waals surface area contributed by atoms with Crippen molar-refractivity contribution in [2.24, 2.45) is 28.2 Å². The highest BCUT2D eigenvalue weighted by Gasteiger charge is 2.36. The molecule has 1 aliphatic heterocycles. The third-order valence-electron chi connectivity index (χ3n) is 6.32. The van der Waals surface area contributed by atoms with E-state index in [1.165, 1.54) is 18.3 Å². The van der Waals surface area contributed by atoms with Crippen molar-refractivity contribution in [3.05, 3.63) is 67.8 Å². The fraction of sp³-hybridized carbons (Fsp3) is 0.208. The maximum absolute atomic E-state index is 12.9. The predicted molar refractivity (Wildman–Crippen MR) is 138 cm³/mol. The summed E-state index contributed by atoms with van der Waals surface area (Å²) in [6, 6.07) is 10.3. The van der Waals surface area contributed by atoms with Crippen LogP contribution in [0.5, 0.6) is 0 Å². The molecule has 0 saturated carbocycles. The number of carbonyl (C=O) groups is 3. The molecule has 184 valence electrons. The van der Waals surface area contributed by atoms with Gasteiger partial charge in [0.1, 0.15) is 6.54 Å². The second-order valence-corrected chi connectivity index (χ2v) is 9.56. The van der Waals surface area contributed by atoms with Gasteiger partial charge in [0.15, 0.2) is 0 Å². The number of nitrogens with one attached hydrogen (secondary N) is 1. The van der Waals surface area contributed by atoms with Gasteiger partial charge in [-0.1, -0.05) is 6.07 Å². The van der Waals surface area contributed by atoms with Crippen molar-refractivity contribution < 1.29 is 14.4 Å². The number of anilines is 1. The first-order chi connectivity index (χ1) is 17.1. The van der Waals surface area contributed by atoms with Crippen LogP contribution in [0.4, 0.5) is 10.5 Å². The van der Waals surface area contributed by atoms with Crippen LogP contribution in [0.15, 0.2) is 50.9 Å². The molecular formula is C24H22N6O5S. The Morgan fingerprint density at radius 3 is 2.00 bits per heavy atom. The van der Waals surface area contributed by atoms with Crippen LogP contribution >= 0.6 is 11.8 Å². The molecule has 0 unspecified atom stereocenters. The van der Waals surface area contributed by atoms with Gasteiger partial charge in [0, 0.05) is 33.9 Å². The molecule has 3 amide bonds. The number of thioether (sulfide) groups is 1. The normalized spacial score (nSPS) is 15.1. The minimum atomic E-state index is -0.567. The van der Waals surface area contributed by atoms with Crippen molar-refractivity contribution in [2.75, 3.05) is 11.9 Å². The van der Waals surface area contributed by atoms with E-state index < -0.39 is 23.6 Å². The third-order valence-corrected chi connectivity index (χ3v) is 7.23. The summed E-state index contributed by atoms with van der Waals surface area (Å²) in [5.41, 5.74) is 3.54. The first kappa shape index (κ1) is 23.4. The zero-order valence-electron chi connectivity index (χ0n) is 19.9. The largest absolute Gasteiger partial charge is 0.328 e. The zero-order chi connectivity index (χ0) is 25.9. The second-order valence-electron chi connectivity index (χ2n) is 8.57. The molecule has 0 bridgehead atoms. The van der Waals surface area contributed by atoms with E-state index in [2.05, 4.69) is 5.32 Å². The third kappa shape index (κ3) is 3.66. The molecule has 1 aliphatic rings. The summed E-state index contributed by atoms with van der Waals surface area (Å²) in [5, 5.41) is 2.14. The van der Waals surface area contributed by atoms with Crippen molar-refractivity contribution in [3.8, 4) is 0 Å². The highest BCUT2D eigenvalue weighted by molar-refractivity contribution is 8.18. The van der Waals surface area contributed by atoms with E-state index in [0.717, 1.165) is 22.2 Å². The van der Waals surface area contributed by atoms with Gasteiger partial charge in [-0.2, -0.15) is 0 Å². The molecule has 1 saturated heterocycles. The summed E-state index contributed by atoms with van der Waals surface area (Å²) >= 11 is 0.755. The molecule has 0 aliphatic carbocycles. The highest BCUT2D eigenvalue weighted by atomic mass is 32.2. The number of benzene rings is 2. The molecule has 0 atom stereocenters. The highest BCUT2D eigenvalue weighted by Crippen LogP contribution is 2.32. The molecule has 12 heteroatoms. The summed E-state index contributed by atoms with van der Waals surface area (Å²) in [7, 11) is 6.64. The number of aryl methyl sites for hydroxylation is 4. The number of hydrogen-bond donors (Lipinski definition) is 1.